The lowest BCUT2D eigenvalue weighted by Crippen LogP contribution is -2.32. The van der Waals surface area contributed by atoms with E-state index in [0.717, 1.165) is 17.5 Å². The predicted octanol–water partition coefficient (Wildman–Crippen LogP) is 2.58. The maximum absolute atomic E-state index is 12.9. The number of hydrogen-bond acceptors (Lipinski definition) is 4. The molecule has 0 spiro atoms. The minimum Gasteiger partial charge on any atom is -0.355 e. The van der Waals surface area contributed by atoms with E-state index in [4.69, 9.17) is 4.79 Å². The zero-order chi connectivity index (χ0) is 23.3. The van der Waals surface area contributed by atoms with Crippen molar-refractivity contribution in [2.45, 2.75) is 32.2 Å². The molecule has 3 aromatic rings. The number of rotatable bonds is 8. The molecule has 0 saturated carbocycles. The molecule has 166 valence electrons. The number of aromatic amines is 1. The molecule has 7 heteroatoms. The number of benzene rings is 2. The van der Waals surface area contributed by atoms with Crippen molar-refractivity contribution in [3.05, 3.63) is 111 Å². The molecule has 3 rings (SSSR count). The Balaban J connectivity index is 0.00000114. The van der Waals surface area contributed by atoms with Crippen LogP contribution in [0.1, 0.15) is 35.4 Å². The molecule has 0 atom stereocenters. The van der Waals surface area contributed by atoms with Crippen molar-refractivity contribution in [3.8, 4) is 0 Å². The summed E-state index contributed by atoms with van der Waals surface area (Å²) in [5.74, 6) is 0.848. The van der Waals surface area contributed by atoms with Gasteiger partial charge in [-0.1, -0.05) is 60.7 Å². The van der Waals surface area contributed by atoms with Gasteiger partial charge in [-0.2, -0.15) is 0 Å². The van der Waals surface area contributed by atoms with E-state index < -0.39 is 5.69 Å². The molecule has 1 amide bonds. The lowest BCUT2D eigenvalue weighted by molar-refractivity contribution is -0.121. The van der Waals surface area contributed by atoms with E-state index in [-0.39, 0.29) is 17.4 Å². The molecule has 2 N–H and O–H groups in total. The molecule has 0 saturated heterocycles. The summed E-state index contributed by atoms with van der Waals surface area (Å²) in [4.78, 5) is 47.0. The highest BCUT2D eigenvalue weighted by atomic mass is 16.2. The van der Waals surface area contributed by atoms with Gasteiger partial charge in [0.25, 0.3) is 5.56 Å². The summed E-state index contributed by atoms with van der Waals surface area (Å²) in [5.41, 5.74) is 1.65. The summed E-state index contributed by atoms with van der Waals surface area (Å²) in [6.45, 7) is 5.36. The monoisotopic (exact) mass is 433 g/mol. The van der Waals surface area contributed by atoms with Gasteiger partial charge in [0.2, 0.25) is 5.91 Å². The van der Waals surface area contributed by atoms with Crippen molar-refractivity contribution in [1.29, 1.82) is 0 Å². The minimum atomic E-state index is -0.405. The molecular weight excluding hydrogens is 406 g/mol. The van der Waals surface area contributed by atoms with E-state index in [9.17, 15) is 14.4 Å². The second-order valence-corrected chi connectivity index (χ2v) is 7.16. The smallest absolute Gasteiger partial charge is 0.328 e. The summed E-state index contributed by atoms with van der Waals surface area (Å²) < 4.78 is 1.50. The summed E-state index contributed by atoms with van der Waals surface area (Å²) in [5, 5.41) is 3.02. The van der Waals surface area contributed by atoms with Gasteiger partial charge >= 0.3 is 5.69 Å². The van der Waals surface area contributed by atoms with Gasteiger partial charge in [0, 0.05) is 24.8 Å². The van der Waals surface area contributed by atoms with Gasteiger partial charge in [-0.25, -0.2) is 9.59 Å². The SMILES string of the molecule is C=C=O.Cc1cn(CCCCNC(=O)C(c2ccccc2)c2ccccc2)c(=O)[nH]c1=O. The molecule has 1 heterocycles. The van der Waals surface area contributed by atoms with E-state index in [1.165, 1.54) is 10.5 Å². The summed E-state index contributed by atoms with van der Waals surface area (Å²) >= 11 is 0. The van der Waals surface area contributed by atoms with Crippen LogP contribution in [0.3, 0.4) is 0 Å². The van der Waals surface area contributed by atoms with E-state index in [2.05, 4.69) is 16.9 Å². The zero-order valence-electron chi connectivity index (χ0n) is 18.0. The van der Waals surface area contributed by atoms with Crippen LogP contribution in [-0.2, 0) is 16.1 Å². The van der Waals surface area contributed by atoms with Gasteiger partial charge in [-0.15, -0.1) is 0 Å². The summed E-state index contributed by atoms with van der Waals surface area (Å²) in [7, 11) is 0. The third-order valence-electron chi connectivity index (χ3n) is 4.84. The Morgan fingerprint density at radius 1 is 1.03 bits per heavy atom. The molecule has 1 aromatic heterocycles. The number of carbonyl (C=O) groups excluding carboxylic acids is 2. The van der Waals surface area contributed by atoms with Crippen LogP contribution in [0.25, 0.3) is 0 Å². The highest BCUT2D eigenvalue weighted by Crippen LogP contribution is 2.24. The molecule has 0 fully saturated rings. The van der Waals surface area contributed by atoms with Gasteiger partial charge in [-0.3, -0.25) is 14.6 Å². The number of carbonyl (C=O) groups is 1. The number of amides is 1. The normalized spacial score (nSPS) is 10.1. The van der Waals surface area contributed by atoms with E-state index in [1.807, 2.05) is 60.7 Å². The van der Waals surface area contributed by atoms with E-state index in [1.54, 1.807) is 13.1 Å². The lowest BCUT2D eigenvalue weighted by Gasteiger charge is -2.18. The molecule has 0 unspecified atom stereocenters. The molecule has 0 aliphatic heterocycles. The highest BCUT2D eigenvalue weighted by molar-refractivity contribution is 5.87. The van der Waals surface area contributed by atoms with E-state index in [0.29, 0.717) is 25.1 Å². The number of unbranched alkanes of at least 4 members (excludes halogenated alkanes) is 1. The first kappa shape index (κ1) is 24.3. The Bertz CT molecular complexity index is 1110. The second kappa shape index (κ2) is 12.7. The van der Waals surface area contributed by atoms with Crippen LogP contribution in [-0.4, -0.2) is 27.9 Å². The average molecular weight is 434 g/mol. The average Bonchev–Trinajstić information content (AvgIpc) is 2.79. The number of nitrogens with zero attached hydrogens (tertiary/aromatic N) is 1. The van der Waals surface area contributed by atoms with Crippen LogP contribution in [0.15, 0.2) is 83.0 Å². The van der Waals surface area contributed by atoms with Crippen LogP contribution >= 0.6 is 0 Å². The van der Waals surface area contributed by atoms with Crippen LogP contribution in [0.2, 0.25) is 0 Å². The maximum atomic E-state index is 12.9. The fourth-order valence-corrected chi connectivity index (χ4v) is 3.29. The standard InChI is InChI=1S/C23H25N3O3.C2H2O/c1-17-16-26(23(29)25-21(17)27)15-9-8-14-24-22(28)20(18-10-4-2-5-11-18)19-12-6-3-7-13-19;1-2-3/h2-7,10-13,16,20H,8-9,14-15H2,1H3,(H,24,28)(H,25,27,29);1H2. The fourth-order valence-electron chi connectivity index (χ4n) is 3.29. The third-order valence-corrected chi connectivity index (χ3v) is 4.84. The van der Waals surface area contributed by atoms with Gasteiger partial charge in [0.05, 0.1) is 5.92 Å². The van der Waals surface area contributed by atoms with Gasteiger partial charge in [-0.05, 0) is 37.5 Å². The second-order valence-electron chi connectivity index (χ2n) is 7.16. The topological polar surface area (TPSA) is 101 Å². The maximum Gasteiger partial charge on any atom is 0.328 e. The van der Waals surface area contributed by atoms with Gasteiger partial charge in [0.1, 0.15) is 5.94 Å². The predicted molar refractivity (Wildman–Crippen MR) is 124 cm³/mol. The Morgan fingerprint density at radius 3 is 2.09 bits per heavy atom. The zero-order valence-corrected chi connectivity index (χ0v) is 18.0. The van der Waals surface area contributed by atoms with Crippen LogP contribution in [0, 0.1) is 6.92 Å². The van der Waals surface area contributed by atoms with E-state index >= 15 is 0 Å². The molecule has 0 bridgehead atoms. The Hall–Kier alpha value is -3.96. The van der Waals surface area contributed by atoms with Gasteiger partial charge < -0.3 is 9.88 Å². The van der Waals surface area contributed by atoms with Gasteiger partial charge in [0.15, 0.2) is 0 Å². The van der Waals surface area contributed by atoms with Crippen LogP contribution in [0.4, 0.5) is 0 Å². The first-order chi connectivity index (χ1) is 15.5. The largest absolute Gasteiger partial charge is 0.355 e. The molecule has 2 aromatic carbocycles. The fraction of sp³-hybridized carbons (Fsp3) is 0.240. The Labute approximate surface area is 186 Å². The molecule has 32 heavy (non-hydrogen) atoms. The van der Waals surface area contributed by atoms with Crippen LogP contribution in [0.5, 0.6) is 0 Å². The van der Waals surface area contributed by atoms with Crippen LogP contribution < -0.4 is 16.6 Å². The first-order valence-electron chi connectivity index (χ1n) is 10.3. The van der Waals surface area contributed by atoms with Crippen molar-refractivity contribution < 1.29 is 9.59 Å². The highest BCUT2D eigenvalue weighted by Gasteiger charge is 2.21. The molecule has 7 nitrogen and oxygen atoms in total. The van der Waals surface area contributed by atoms with Crippen molar-refractivity contribution in [3.63, 3.8) is 0 Å². The minimum absolute atomic E-state index is 0.0422. The van der Waals surface area contributed by atoms with Crippen molar-refractivity contribution in [2.24, 2.45) is 0 Å². The number of aryl methyl sites for hydroxylation is 2. The van der Waals surface area contributed by atoms with Crippen molar-refractivity contribution >= 4 is 11.8 Å². The number of nitrogens with one attached hydrogen (secondary N) is 2. The number of H-pyrrole nitrogens is 1. The first-order valence-corrected chi connectivity index (χ1v) is 10.3. The quantitative estimate of drug-likeness (QED) is 0.421. The molecule has 0 aliphatic carbocycles. The molecule has 0 radical (unpaired) electrons. The number of hydrogen-bond donors (Lipinski definition) is 2. The summed E-state index contributed by atoms with van der Waals surface area (Å²) in [6, 6.07) is 19.4. The third kappa shape index (κ3) is 7.07. The molecular formula is C25H27N3O4. The Kier molecular flexibility index (Phi) is 9.63. The lowest BCUT2D eigenvalue weighted by atomic mass is 9.90. The Morgan fingerprint density at radius 2 is 1.56 bits per heavy atom. The van der Waals surface area contributed by atoms with Crippen molar-refractivity contribution in [1.82, 2.24) is 14.9 Å². The summed E-state index contributed by atoms with van der Waals surface area (Å²) in [6.07, 6.45) is 3.01. The number of aromatic nitrogens is 2. The van der Waals surface area contributed by atoms with Crippen molar-refractivity contribution in [2.75, 3.05) is 6.54 Å². The molecule has 0 aliphatic rings.